The van der Waals surface area contributed by atoms with Gasteiger partial charge in [-0.15, -0.1) is 0 Å². The van der Waals surface area contributed by atoms with E-state index in [1.165, 1.54) is 37.7 Å². The van der Waals surface area contributed by atoms with Gasteiger partial charge in [0.05, 0.1) is 11.3 Å². The van der Waals surface area contributed by atoms with Crippen LogP contribution < -0.4 is 16.2 Å². The Morgan fingerprint density at radius 3 is 2.59 bits per heavy atom. The number of nitrogens with one attached hydrogen (secondary N) is 2. The molecule has 0 radical (unpaired) electrons. The molecular weight excluding hydrogens is 516 g/mol. The monoisotopic (exact) mass is 544 g/mol. The Morgan fingerprint density at radius 2 is 1.90 bits per heavy atom. The van der Waals surface area contributed by atoms with Gasteiger partial charge in [-0.3, -0.25) is 4.79 Å². The van der Waals surface area contributed by atoms with Crippen LogP contribution in [0.5, 0.6) is 0 Å². The zero-order chi connectivity index (χ0) is 28.3. The average Bonchev–Trinajstić information content (AvgIpc) is 3.08. The van der Waals surface area contributed by atoms with Crippen molar-refractivity contribution in [3.8, 4) is 5.69 Å². The van der Waals surface area contributed by atoms with Crippen LogP contribution in [0.3, 0.4) is 0 Å². The Morgan fingerprint density at radius 1 is 1.15 bits per heavy atom. The summed E-state index contributed by atoms with van der Waals surface area (Å²) in [6.45, 7) is 6.92. The van der Waals surface area contributed by atoms with E-state index in [2.05, 4.69) is 34.4 Å². The molecule has 2 aromatic carbocycles. The van der Waals surface area contributed by atoms with E-state index < -0.39 is 29.7 Å². The predicted octanol–water partition coefficient (Wildman–Crippen LogP) is 4.64. The third-order valence-electron chi connectivity index (χ3n) is 6.83. The summed E-state index contributed by atoms with van der Waals surface area (Å²) in [5, 5.41) is 16.7. The number of alkyl halides is 3. The highest BCUT2D eigenvalue weighted by Crippen LogP contribution is 2.32. The molecule has 0 fully saturated rings. The molecule has 0 spiro atoms. The summed E-state index contributed by atoms with van der Waals surface area (Å²) in [5.74, 6) is -0.678. The zero-order valence-corrected chi connectivity index (χ0v) is 21.8. The normalized spacial score (nSPS) is 15.4. The number of hydrogen-bond donors (Lipinski definition) is 3. The van der Waals surface area contributed by atoms with Crippen molar-refractivity contribution >= 4 is 22.7 Å². The molecule has 3 heterocycles. The topological polar surface area (TPSA) is 97.0 Å². The van der Waals surface area contributed by atoms with E-state index in [1.807, 2.05) is 18.2 Å². The van der Waals surface area contributed by atoms with Crippen molar-refractivity contribution in [1.82, 2.24) is 24.6 Å². The summed E-state index contributed by atoms with van der Waals surface area (Å²) in [6, 6.07) is 9.30. The number of aliphatic hydroxyl groups is 1. The molecule has 4 aromatic rings. The smallest absolute Gasteiger partial charge is 0.386 e. The third kappa shape index (κ3) is 5.13. The zero-order valence-electron chi connectivity index (χ0n) is 21.8. The van der Waals surface area contributed by atoms with Crippen LogP contribution in [-0.2, 0) is 24.1 Å². The number of anilines is 2. The van der Waals surface area contributed by atoms with Crippen molar-refractivity contribution in [1.29, 1.82) is 0 Å². The van der Waals surface area contributed by atoms with Gasteiger partial charge in [-0.1, -0.05) is 19.9 Å². The van der Waals surface area contributed by atoms with E-state index in [0.717, 1.165) is 22.9 Å². The molecule has 2 aromatic heterocycles. The fourth-order valence-electron chi connectivity index (χ4n) is 4.99. The molecule has 0 unspecified atom stereocenters. The van der Waals surface area contributed by atoms with E-state index in [1.54, 1.807) is 0 Å². The van der Waals surface area contributed by atoms with Crippen molar-refractivity contribution in [2.75, 3.05) is 11.9 Å². The van der Waals surface area contributed by atoms with Crippen LogP contribution in [0.2, 0.25) is 0 Å². The second-order valence-corrected chi connectivity index (χ2v) is 10.9. The molecule has 39 heavy (non-hydrogen) atoms. The quantitative estimate of drug-likeness (QED) is 0.317. The largest absolute Gasteiger partial charge is 0.408 e. The molecule has 0 atom stereocenters. The first-order chi connectivity index (χ1) is 18.1. The average molecular weight is 545 g/mol. The van der Waals surface area contributed by atoms with Gasteiger partial charge >= 0.3 is 6.18 Å². The van der Waals surface area contributed by atoms with Crippen molar-refractivity contribution in [2.45, 2.75) is 58.0 Å². The second-order valence-electron chi connectivity index (χ2n) is 10.9. The Bertz CT molecular complexity index is 1630. The Kier molecular flexibility index (Phi) is 6.30. The molecule has 0 amide bonds. The van der Waals surface area contributed by atoms with Crippen molar-refractivity contribution in [3.05, 3.63) is 75.5 Å². The molecular formula is C27H28F4N6O2. The summed E-state index contributed by atoms with van der Waals surface area (Å²) in [4.78, 5) is 21.6. The lowest BCUT2D eigenvalue weighted by Gasteiger charge is -2.33. The highest BCUT2D eigenvalue weighted by atomic mass is 19.4. The minimum absolute atomic E-state index is 0.0246. The number of rotatable bonds is 5. The van der Waals surface area contributed by atoms with Crippen LogP contribution in [0.1, 0.15) is 44.4 Å². The number of benzene rings is 2. The maximum atomic E-state index is 14.5. The first kappa shape index (κ1) is 26.8. The SMILES string of the molecule is CC(C)(O)c1cc(-n2c3nc(Nc4ccc5c(c4)CNCC5(C)C)ncc3c(=O)n2CC(F)(F)F)ccc1F. The molecule has 0 bridgehead atoms. The van der Waals surface area contributed by atoms with Crippen LogP contribution >= 0.6 is 0 Å². The van der Waals surface area contributed by atoms with Crippen LogP contribution in [-0.4, -0.2) is 37.2 Å². The predicted molar refractivity (Wildman–Crippen MR) is 139 cm³/mol. The fraction of sp³-hybridized carbons (Fsp3) is 0.370. The van der Waals surface area contributed by atoms with Gasteiger partial charge in [-0.2, -0.15) is 18.2 Å². The summed E-state index contributed by atoms with van der Waals surface area (Å²) < 4.78 is 56.5. The van der Waals surface area contributed by atoms with Gasteiger partial charge in [-0.05, 0) is 55.3 Å². The molecule has 0 saturated carbocycles. The minimum atomic E-state index is -4.73. The molecule has 3 N–H and O–H groups in total. The van der Waals surface area contributed by atoms with Crippen molar-refractivity contribution in [3.63, 3.8) is 0 Å². The van der Waals surface area contributed by atoms with Gasteiger partial charge in [0.25, 0.3) is 5.56 Å². The maximum absolute atomic E-state index is 14.5. The maximum Gasteiger partial charge on any atom is 0.408 e. The number of nitrogens with zero attached hydrogens (tertiary/aromatic N) is 4. The lowest BCUT2D eigenvalue weighted by atomic mass is 9.79. The lowest BCUT2D eigenvalue weighted by Crippen LogP contribution is -2.38. The van der Waals surface area contributed by atoms with Gasteiger partial charge in [0.1, 0.15) is 17.7 Å². The number of fused-ring (bicyclic) bond motifs is 2. The van der Waals surface area contributed by atoms with Crippen molar-refractivity contribution < 1.29 is 22.7 Å². The third-order valence-corrected chi connectivity index (χ3v) is 6.83. The molecule has 0 saturated heterocycles. The van der Waals surface area contributed by atoms with Crippen LogP contribution in [0.4, 0.5) is 29.2 Å². The van der Waals surface area contributed by atoms with Crippen LogP contribution in [0.25, 0.3) is 16.7 Å². The lowest BCUT2D eigenvalue weighted by molar-refractivity contribution is -0.144. The van der Waals surface area contributed by atoms with Crippen LogP contribution in [0.15, 0.2) is 47.4 Å². The number of hydrogen-bond acceptors (Lipinski definition) is 6. The van der Waals surface area contributed by atoms with Crippen molar-refractivity contribution in [2.24, 2.45) is 0 Å². The van der Waals surface area contributed by atoms with E-state index >= 15 is 0 Å². The molecule has 12 heteroatoms. The Labute approximate surface area is 221 Å². The standard InChI is InChI=1S/C27H28F4N6O2/c1-25(2)13-32-11-15-9-16(5-7-19(15)25)34-24-33-12-18-22(35-24)37(36(23(18)38)14-27(29,30)31)17-6-8-21(28)20(10-17)26(3,4)39/h5-10,12,32,39H,11,13-14H2,1-4H3,(H,33,34,35). The molecule has 8 nitrogen and oxygen atoms in total. The van der Waals surface area contributed by atoms with E-state index in [-0.39, 0.29) is 33.6 Å². The molecule has 206 valence electrons. The molecule has 5 rings (SSSR count). The van der Waals surface area contributed by atoms with Gasteiger partial charge in [-0.25, -0.2) is 18.7 Å². The van der Waals surface area contributed by atoms with Gasteiger partial charge in [0.15, 0.2) is 5.65 Å². The highest BCUT2D eigenvalue weighted by molar-refractivity contribution is 5.77. The fourth-order valence-corrected chi connectivity index (χ4v) is 4.99. The minimum Gasteiger partial charge on any atom is -0.386 e. The van der Waals surface area contributed by atoms with Gasteiger partial charge in [0, 0.05) is 36.0 Å². The summed E-state index contributed by atoms with van der Waals surface area (Å²) in [7, 11) is 0. The van der Waals surface area contributed by atoms with Gasteiger partial charge < -0.3 is 15.7 Å². The Hall–Kier alpha value is -3.77. The van der Waals surface area contributed by atoms with E-state index in [0.29, 0.717) is 16.9 Å². The Balaban J connectivity index is 1.64. The molecule has 1 aliphatic rings. The highest BCUT2D eigenvalue weighted by Gasteiger charge is 2.33. The number of aromatic nitrogens is 4. The molecule has 1 aliphatic heterocycles. The second kappa shape index (κ2) is 9.16. The van der Waals surface area contributed by atoms with Gasteiger partial charge in [0.2, 0.25) is 5.95 Å². The first-order valence-corrected chi connectivity index (χ1v) is 12.3. The molecule has 0 aliphatic carbocycles. The van der Waals surface area contributed by atoms with E-state index in [9.17, 15) is 27.5 Å². The summed E-state index contributed by atoms with van der Waals surface area (Å²) in [5.41, 5.74) is 0.119. The summed E-state index contributed by atoms with van der Waals surface area (Å²) >= 11 is 0. The van der Waals surface area contributed by atoms with E-state index in [4.69, 9.17) is 0 Å². The van der Waals surface area contributed by atoms with Crippen LogP contribution in [0, 0.1) is 5.82 Å². The first-order valence-electron chi connectivity index (χ1n) is 12.3. The summed E-state index contributed by atoms with van der Waals surface area (Å²) in [6.07, 6.45) is -3.56. The number of halogens is 4.